The Kier molecular flexibility index (Phi) is 8.16. The number of benzene rings is 1. The molecule has 1 N–H and O–H groups in total. The highest BCUT2D eigenvalue weighted by Gasteiger charge is 2.17. The van der Waals surface area contributed by atoms with E-state index in [0.717, 1.165) is 44.1 Å². The molecule has 0 radical (unpaired) electrons. The van der Waals surface area contributed by atoms with Gasteiger partial charge in [0.25, 0.3) is 0 Å². The van der Waals surface area contributed by atoms with Crippen LogP contribution in [0.25, 0.3) is 0 Å². The summed E-state index contributed by atoms with van der Waals surface area (Å²) in [6.07, 6.45) is 1.05. The van der Waals surface area contributed by atoms with Crippen molar-refractivity contribution in [2.45, 2.75) is 33.2 Å². The smallest absolute Gasteiger partial charge is 0.123 e. The Morgan fingerprint density at radius 3 is 2.33 bits per heavy atom. The van der Waals surface area contributed by atoms with Crippen LogP contribution in [0.15, 0.2) is 18.2 Å². The molecule has 0 spiro atoms. The molecule has 0 aliphatic rings. The Labute approximate surface area is 129 Å². The third kappa shape index (κ3) is 5.21. The van der Waals surface area contributed by atoms with E-state index in [2.05, 4.69) is 37.1 Å². The van der Waals surface area contributed by atoms with Crippen molar-refractivity contribution in [3.05, 3.63) is 23.8 Å². The van der Waals surface area contributed by atoms with Gasteiger partial charge >= 0.3 is 0 Å². The van der Waals surface area contributed by atoms with Crippen LogP contribution >= 0.6 is 0 Å². The lowest BCUT2D eigenvalue weighted by atomic mass is 10.0. The van der Waals surface area contributed by atoms with Crippen LogP contribution in [-0.2, 0) is 0 Å². The fourth-order valence-corrected chi connectivity index (χ4v) is 2.58. The summed E-state index contributed by atoms with van der Waals surface area (Å²) >= 11 is 0. The van der Waals surface area contributed by atoms with Crippen molar-refractivity contribution in [1.29, 1.82) is 0 Å². The van der Waals surface area contributed by atoms with E-state index in [0.29, 0.717) is 0 Å². The standard InChI is InChI=1S/C17H30N2O2/c1-6-18-16(11-12-19(7-2)8-3)15-13-14(20-4)9-10-17(15)21-5/h9-10,13,16,18H,6-8,11-12H2,1-5H3. The van der Waals surface area contributed by atoms with Gasteiger partial charge in [-0.3, -0.25) is 0 Å². The molecule has 0 aliphatic carbocycles. The molecule has 0 bridgehead atoms. The van der Waals surface area contributed by atoms with Crippen molar-refractivity contribution in [1.82, 2.24) is 10.2 Å². The zero-order valence-corrected chi connectivity index (χ0v) is 14.1. The third-order valence-electron chi connectivity index (χ3n) is 3.89. The van der Waals surface area contributed by atoms with E-state index in [1.165, 1.54) is 5.56 Å². The first-order valence-corrected chi connectivity index (χ1v) is 7.87. The molecule has 0 heterocycles. The maximum absolute atomic E-state index is 5.52. The molecule has 0 aromatic heterocycles. The summed E-state index contributed by atoms with van der Waals surface area (Å²) in [5.41, 5.74) is 1.17. The van der Waals surface area contributed by atoms with Gasteiger partial charge in [0.05, 0.1) is 14.2 Å². The van der Waals surface area contributed by atoms with Crippen LogP contribution in [0.3, 0.4) is 0 Å². The summed E-state index contributed by atoms with van der Waals surface area (Å²) in [6.45, 7) is 10.7. The Hall–Kier alpha value is -1.26. The first kappa shape index (κ1) is 17.8. The predicted octanol–water partition coefficient (Wildman–Crippen LogP) is 3.09. The minimum Gasteiger partial charge on any atom is -0.497 e. The van der Waals surface area contributed by atoms with Crippen molar-refractivity contribution >= 4 is 0 Å². The van der Waals surface area contributed by atoms with Crippen LogP contribution in [-0.4, -0.2) is 45.3 Å². The molecule has 21 heavy (non-hydrogen) atoms. The average Bonchev–Trinajstić information content (AvgIpc) is 2.54. The highest BCUT2D eigenvalue weighted by atomic mass is 16.5. The molecule has 1 rings (SSSR count). The van der Waals surface area contributed by atoms with Gasteiger partial charge in [-0.1, -0.05) is 20.8 Å². The Bertz CT molecular complexity index is 406. The number of hydrogen-bond donors (Lipinski definition) is 1. The predicted molar refractivity (Wildman–Crippen MR) is 88.4 cm³/mol. The summed E-state index contributed by atoms with van der Waals surface area (Å²) in [5.74, 6) is 1.79. The van der Waals surface area contributed by atoms with E-state index in [4.69, 9.17) is 9.47 Å². The van der Waals surface area contributed by atoms with Crippen molar-refractivity contribution < 1.29 is 9.47 Å². The van der Waals surface area contributed by atoms with Gasteiger partial charge < -0.3 is 19.7 Å². The first-order valence-electron chi connectivity index (χ1n) is 7.87. The summed E-state index contributed by atoms with van der Waals surface area (Å²) in [6, 6.07) is 6.28. The topological polar surface area (TPSA) is 33.7 Å². The number of methoxy groups -OCH3 is 2. The molecule has 0 amide bonds. The van der Waals surface area contributed by atoms with E-state index in [1.54, 1.807) is 14.2 Å². The summed E-state index contributed by atoms with van der Waals surface area (Å²) in [5, 5.41) is 3.57. The molecule has 1 atom stereocenters. The molecule has 0 fully saturated rings. The highest BCUT2D eigenvalue weighted by molar-refractivity contribution is 5.42. The SMILES string of the molecule is CCNC(CCN(CC)CC)c1cc(OC)ccc1OC. The molecule has 1 aromatic rings. The average molecular weight is 294 g/mol. The van der Waals surface area contributed by atoms with E-state index in [9.17, 15) is 0 Å². The molecule has 4 nitrogen and oxygen atoms in total. The molecule has 1 aromatic carbocycles. The third-order valence-corrected chi connectivity index (χ3v) is 3.89. The van der Waals surface area contributed by atoms with Gasteiger partial charge in [0.1, 0.15) is 11.5 Å². The number of ether oxygens (including phenoxy) is 2. The minimum atomic E-state index is 0.278. The fraction of sp³-hybridized carbons (Fsp3) is 0.647. The summed E-state index contributed by atoms with van der Waals surface area (Å²) in [4.78, 5) is 2.44. The molecule has 0 saturated carbocycles. The second kappa shape index (κ2) is 9.64. The summed E-state index contributed by atoms with van der Waals surface area (Å²) < 4.78 is 10.9. The van der Waals surface area contributed by atoms with E-state index in [1.807, 2.05) is 12.1 Å². The van der Waals surface area contributed by atoms with E-state index >= 15 is 0 Å². The van der Waals surface area contributed by atoms with Crippen LogP contribution in [0.1, 0.15) is 38.8 Å². The summed E-state index contributed by atoms with van der Waals surface area (Å²) in [7, 11) is 3.42. The van der Waals surface area contributed by atoms with Crippen molar-refractivity contribution in [2.75, 3.05) is 40.4 Å². The number of nitrogens with zero attached hydrogens (tertiary/aromatic N) is 1. The Morgan fingerprint density at radius 2 is 1.81 bits per heavy atom. The van der Waals surface area contributed by atoms with Gasteiger partial charge in [0.15, 0.2) is 0 Å². The van der Waals surface area contributed by atoms with E-state index in [-0.39, 0.29) is 6.04 Å². The lowest BCUT2D eigenvalue weighted by molar-refractivity contribution is 0.280. The van der Waals surface area contributed by atoms with Gasteiger partial charge in [-0.25, -0.2) is 0 Å². The maximum Gasteiger partial charge on any atom is 0.123 e. The highest BCUT2D eigenvalue weighted by Crippen LogP contribution is 2.31. The minimum absolute atomic E-state index is 0.278. The number of hydrogen-bond acceptors (Lipinski definition) is 4. The van der Waals surface area contributed by atoms with Crippen LogP contribution in [0, 0.1) is 0 Å². The quantitative estimate of drug-likeness (QED) is 0.719. The maximum atomic E-state index is 5.52. The van der Waals surface area contributed by atoms with Crippen LogP contribution in [0.5, 0.6) is 11.5 Å². The zero-order chi connectivity index (χ0) is 15.7. The van der Waals surface area contributed by atoms with Crippen LogP contribution < -0.4 is 14.8 Å². The first-order chi connectivity index (χ1) is 10.2. The second-order valence-electron chi connectivity index (χ2n) is 5.03. The Balaban J connectivity index is 2.92. The molecule has 0 aliphatic heterocycles. The van der Waals surface area contributed by atoms with Crippen molar-refractivity contribution in [2.24, 2.45) is 0 Å². The van der Waals surface area contributed by atoms with Crippen molar-refractivity contribution in [3.8, 4) is 11.5 Å². The van der Waals surface area contributed by atoms with Crippen molar-refractivity contribution in [3.63, 3.8) is 0 Å². The normalized spacial score (nSPS) is 12.5. The van der Waals surface area contributed by atoms with E-state index < -0.39 is 0 Å². The van der Waals surface area contributed by atoms with Gasteiger partial charge in [-0.05, 0) is 50.8 Å². The van der Waals surface area contributed by atoms with Gasteiger partial charge in [-0.2, -0.15) is 0 Å². The van der Waals surface area contributed by atoms with Gasteiger partial charge in [0.2, 0.25) is 0 Å². The van der Waals surface area contributed by atoms with Gasteiger partial charge in [0, 0.05) is 11.6 Å². The lowest BCUT2D eigenvalue weighted by Gasteiger charge is -2.25. The molecular weight excluding hydrogens is 264 g/mol. The lowest BCUT2D eigenvalue weighted by Crippen LogP contribution is -2.29. The van der Waals surface area contributed by atoms with Crippen LogP contribution in [0.2, 0.25) is 0 Å². The Morgan fingerprint density at radius 1 is 1.10 bits per heavy atom. The second-order valence-corrected chi connectivity index (χ2v) is 5.03. The molecule has 120 valence electrons. The largest absolute Gasteiger partial charge is 0.497 e. The number of nitrogens with one attached hydrogen (secondary N) is 1. The van der Waals surface area contributed by atoms with Gasteiger partial charge in [-0.15, -0.1) is 0 Å². The fourth-order valence-electron chi connectivity index (χ4n) is 2.58. The molecular formula is C17H30N2O2. The molecule has 1 unspecified atom stereocenters. The number of rotatable bonds is 10. The molecule has 0 saturated heterocycles. The molecule has 4 heteroatoms. The zero-order valence-electron chi connectivity index (χ0n) is 14.1. The monoisotopic (exact) mass is 294 g/mol. The van der Waals surface area contributed by atoms with Crippen LogP contribution in [0.4, 0.5) is 0 Å².